The van der Waals surface area contributed by atoms with Gasteiger partial charge in [0.1, 0.15) is 0 Å². The highest BCUT2D eigenvalue weighted by Gasteiger charge is 2.21. The molecule has 1 fully saturated rings. The van der Waals surface area contributed by atoms with Crippen LogP contribution in [0.3, 0.4) is 0 Å². The molecule has 1 aromatic heterocycles. The molecule has 0 bridgehead atoms. The Balaban J connectivity index is 2.07. The van der Waals surface area contributed by atoms with Crippen LogP contribution < -0.4 is 0 Å². The maximum atomic E-state index is 4.05. The molecule has 1 heterocycles. The zero-order valence-corrected chi connectivity index (χ0v) is 8.91. The van der Waals surface area contributed by atoms with E-state index in [1.165, 1.54) is 25.7 Å². The molecular formula is C9H14N4S. The topological polar surface area (TPSA) is 43.6 Å². The highest BCUT2D eigenvalue weighted by Crippen LogP contribution is 2.31. The van der Waals surface area contributed by atoms with Crippen LogP contribution in [0.15, 0.2) is 17.8 Å². The van der Waals surface area contributed by atoms with E-state index >= 15 is 0 Å². The van der Waals surface area contributed by atoms with Gasteiger partial charge >= 0.3 is 0 Å². The Morgan fingerprint density at radius 2 is 2.29 bits per heavy atom. The van der Waals surface area contributed by atoms with Crippen LogP contribution >= 0.6 is 11.8 Å². The van der Waals surface area contributed by atoms with Gasteiger partial charge in [-0.2, -0.15) is 0 Å². The molecule has 0 atom stereocenters. The summed E-state index contributed by atoms with van der Waals surface area (Å²) in [6, 6.07) is 0.525. The van der Waals surface area contributed by atoms with E-state index in [9.17, 15) is 0 Å². The van der Waals surface area contributed by atoms with Crippen molar-refractivity contribution in [3.8, 4) is 0 Å². The van der Waals surface area contributed by atoms with Crippen LogP contribution in [0.1, 0.15) is 31.7 Å². The first kappa shape index (κ1) is 9.71. The van der Waals surface area contributed by atoms with Crippen molar-refractivity contribution in [1.82, 2.24) is 20.2 Å². The van der Waals surface area contributed by atoms with Crippen molar-refractivity contribution in [3.05, 3.63) is 12.7 Å². The standard InChI is InChI=1S/C9H14N4S/c1-2-7-14-9-10-11-12-13(9)8-5-3-4-6-8/h2,8H,1,3-7H2. The van der Waals surface area contributed by atoms with E-state index in [0.717, 1.165) is 10.9 Å². The van der Waals surface area contributed by atoms with E-state index in [0.29, 0.717) is 6.04 Å². The van der Waals surface area contributed by atoms with Crippen molar-refractivity contribution >= 4 is 11.8 Å². The maximum absolute atomic E-state index is 4.05. The van der Waals surface area contributed by atoms with Crippen molar-refractivity contribution in [2.75, 3.05) is 5.75 Å². The normalized spacial score (nSPS) is 17.4. The number of hydrogen-bond donors (Lipinski definition) is 0. The summed E-state index contributed by atoms with van der Waals surface area (Å²) in [5, 5.41) is 12.7. The molecular weight excluding hydrogens is 196 g/mol. The molecule has 0 radical (unpaired) electrons. The van der Waals surface area contributed by atoms with Crippen molar-refractivity contribution in [3.63, 3.8) is 0 Å². The van der Waals surface area contributed by atoms with Gasteiger partial charge < -0.3 is 0 Å². The van der Waals surface area contributed by atoms with E-state index in [1.807, 2.05) is 10.8 Å². The minimum absolute atomic E-state index is 0.525. The van der Waals surface area contributed by atoms with E-state index in [-0.39, 0.29) is 0 Å². The lowest BCUT2D eigenvalue weighted by atomic mass is 10.3. The Morgan fingerprint density at radius 3 is 3.00 bits per heavy atom. The Labute approximate surface area is 87.8 Å². The van der Waals surface area contributed by atoms with Crippen LogP contribution in [-0.4, -0.2) is 26.0 Å². The van der Waals surface area contributed by atoms with Crippen molar-refractivity contribution in [1.29, 1.82) is 0 Å². The summed E-state index contributed by atoms with van der Waals surface area (Å²) in [6.45, 7) is 3.69. The van der Waals surface area contributed by atoms with E-state index in [2.05, 4.69) is 22.1 Å². The summed E-state index contributed by atoms with van der Waals surface area (Å²) < 4.78 is 1.97. The SMILES string of the molecule is C=CCSc1nnnn1C1CCCC1. The first-order chi connectivity index (χ1) is 6.92. The molecule has 0 saturated heterocycles. The second kappa shape index (κ2) is 4.59. The highest BCUT2D eigenvalue weighted by molar-refractivity contribution is 7.99. The molecule has 2 rings (SSSR count). The first-order valence-corrected chi connectivity index (χ1v) is 5.92. The molecule has 1 aromatic rings. The Morgan fingerprint density at radius 1 is 1.50 bits per heavy atom. The molecule has 76 valence electrons. The van der Waals surface area contributed by atoms with Crippen LogP contribution in [0, 0.1) is 0 Å². The molecule has 4 nitrogen and oxygen atoms in total. The number of aromatic nitrogens is 4. The first-order valence-electron chi connectivity index (χ1n) is 4.93. The van der Waals surface area contributed by atoms with Crippen LogP contribution in [0.4, 0.5) is 0 Å². The second-order valence-corrected chi connectivity index (χ2v) is 4.43. The Kier molecular flexibility index (Phi) is 3.18. The van der Waals surface area contributed by atoms with Gasteiger partial charge in [-0.25, -0.2) is 4.68 Å². The summed E-state index contributed by atoms with van der Waals surface area (Å²) >= 11 is 1.65. The van der Waals surface area contributed by atoms with Crippen LogP contribution in [0.2, 0.25) is 0 Å². The zero-order chi connectivity index (χ0) is 9.80. The third kappa shape index (κ3) is 1.97. The average molecular weight is 210 g/mol. The van der Waals surface area contributed by atoms with Gasteiger partial charge in [-0.1, -0.05) is 30.7 Å². The van der Waals surface area contributed by atoms with Gasteiger partial charge in [0.15, 0.2) is 0 Å². The lowest BCUT2D eigenvalue weighted by molar-refractivity contribution is 0.423. The van der Waals surface area contributed by atoms with Crippen molar-refractivity contribution < 1.29 is 0 Å². The molecule has 14 heavy (non-hydrogen) atoms. The fourth-order valence-electron chi connectivity index (χ4n) is 1.79. The number of hydrogen-bond acceptors (Lipinski definition) is 4. The van der Waals surface area contributed by atoms with E-state index in [4.69, 9.17) is 0 Å². The fourth-order valence-corrected chi connectivity index (χ4v) is 2.47. The lowest BCUT2D eigenvalue weighted by Crippen LogP contribution is -2.08. The van der Waals surface area contributed by atoms with Gasteiger partial charge in [0.05, 0.1) is 6.04 Å². The average Bonchev–Trinajstić information content (AvgIpc) is 2.84. The second-order valence-electron chi connectivity index (χ2n) is 3.44. The van der Waals surface area contributed by atoms with Crippen LogP contribution in [0.25, 0.3) is 0 Å². The van der Waals surface area contributed by atoms with E-state index < -0.39 is 0 Å². The molecule has 5 heteroatoms. The molecule has 0 N–H and O–H groups in total. The van der Waals surface area contributed by atoms with Gasteiger partial charge in [0, 0.05) is 5.75 Å². The molecule has 0 unspecified atom stereocenters. The number of thioether (sulfide) groups is 1. The summed E-state index contributed by atoms with van der Waals surface area (Å²) in [7, 11) is 0. The van der Waals surface area contributed by atoms with Crippen molar-refractivity contribution in [2.45, 2.75) is 36.9 Å². The predicted molar refractivity (Wildman–Crippen MR) is 56.2 cm³/mol. The van der Waals surface area contributed by atoms with E-state index in [1.54, 1.807) is 11.8 Å². The monoisotopic (exact) mass is 210 g/mol. The van der Waals surface area contributed by atoms with Crippen molar-refractivity contribution in [2.24, 2.45) is 0 Å². The van der Waals surface area contributed by atoms with Crippen LogP contribution in [-0.2, 0) is 0 Å². The van der Waals surface area contributed by atoms with Gasteiger partial charge in [-0.3, -0.25) is 0 Å². The predicted octanol–water partition coefficient (Wildman–Crippen LogP) is 2.07. The molecule has 1 aliphatic carbocycles. The minimum atomic E-state index is 0.525. The third-order valence-electron chi connectivity index (χ3n) is 2.46. The molecule has 0 aliphatic heterocycles. The Hall–Kier alpha value is -0.840. The van der Waals surface area contributed by atoms with Crippen LogP contribution in [0.5, 0.6) is 0 Å². The molecule has 1 aliphatic rings. The summed E-state index contributed by atoms with van der Waals surface area (Å²) in [5.41, 5.74) is 0. The van der Waals surface area contributed by atoms with Gasteiger partial charge in [0.2, 0.25) is 5.16 Å². The third-order valence-corrected chi connectivity index (χ3v) is 3.39. The summed E-state index contributed by atoms with van der Waals surface area (Å²) in [5.74, 6) is 0.868. The largest absolute Gasteiger partial charge is 0.217 e. The quantitative estimate of drug-likeness (QED) is 0.563. The number of tetrazole rings is 1. The molecule has 0 aromatic carbocycles. The highest BCUT2D eigenvalue weighted by atomic mass is 32.2. The zero-order valence-electron chi connectivity index (χ0n) is 8.09. The Bertz CT molecular complexity index is 304. The lowest BCUT2D eigenvalue weighted by Gasteiger charge is -2.09. The van der Waals surface area contributed by atoms with Gasteiger partial charge in [0.25, 0.3) is 0 Å². The fraction of sp³-hybridized carbons (Fsp3) is 0.667. The smallest absolute Gasteiger partial charge is 0.209 e. The molecule has 1 saturated carbocycles. The summed E-state index contributed by atoms with van der Waals surface area (Å²) in [4.78, 5) is 0. The number of rotatable bonds is 4. The summed E-state index contributed by atoms with van der Waals surface area (Å²) in [6.07, 6.45) is 6.91. The minimum Gasteiger partial charge on any atom is -0.217 e. The maximum Gasteiger partial charge on any atom is 0.209 e. The number of nitrogens with zero attached hydrogens (tertiary/aromatic N) is 4. The van der Waals surface area contributed by atoms with Gasteiger partial charge in [-0.05, 0) is 23.3 Å². The van der Waals surface area contributed by atoms with Gasteiger partial charge in [-0.15, -0.1) is 11.7 Å². The molecule has 0 amide bonds. The molecule has 0 spiro atoms.